The number of urea groups is 1. The maximum atomic E-state index is 13.3. The fourth-order valence-electron chi connectivity index (χ4n) is 3.67. The summed E-state index contributed by atoms with van der Waals surface area (Å²) in [6.07, 6.45) is -4.63. The molecule has 0 atom stereocenters. The third-order valence-electron chi connectivity index (χ3n) is 5.42. The van der Waals surface area contributed by atoms with Crippen molar-refractivity contribution in [2.75, 3.05) is 26.2 Å². The lowest BCUT2D eigenvalue weighted by atomic mass is 10.2. The van der Waals surface area contributed by atoms with Gasteiger partial charge in [-0.25, -0.2) is 9.48 Å². The maximum absolute atomic E-state index is 13.3. The Morgan fingerprint density at radius 1 is 0.941 bits per heavy atom. The van der Waals surface area contributed by atoms with Gasteiger partial charge in [-0.05, 0) is 36.4 Å². The second kappa shape index (κ2) is 9.76. The van der Waals surface area contributed by atoms with Crippen LogP contribution in [0.1, 0.15) is 21.7 Å². The van der Waals surface area contributed by atoms with E-state index in [1.54, 1.807) is 47.4 Å². The van der Waals surface area contributed by atoms with Gasteiger partial charge in [0, 0.05) is 36.8 Å². The van der Waals surface area contributed by atoms with E-state index in [2.05, 4.69) is 10.4 Å². The standard InChI is InChI=1S/C23H21ClF3N5O2/c24-17-7-4-8-18(13-17)32-19(14-20(29-32)23(25,26)27)15-28-22(34)31-11-9-30(10-12-31)21(33)16-5-2-1-3-6-16/h1-8,13-14H,9-12,15H2,(H,28,34). The predicted octanol–water partition coefficient (Wildman–Crippen LogP) is 4.21. The van der Waals surface area contributed by atoms with Gasteiger partial charge < -0.3 is 15.1 Å². The number of amides is 3. The van der Waals surface area contributed by atoms with Crippen LogP contribution in [0.3, 0.4) is 0 Å². The van der Waals surface area contributed by atoms with Crippen molar-refractivity contribution in [3.05, 3.63) is 82.6 Å². The third-order valence-corrected chi connectivity index (χ3v) is 5.66. The molecule has 1 saturated heterocycles. The van der Waals surface area contributed by atoms with E-state index in [0.717, 1.165) is 10.7 Å². The van der Waals surface area contributed by atoms with E-state index in [9.17, 15) is 22.8 Å². The SMILES string of the molecule is O=C(NCc1cc(C(F)(F)F)nn1-c1cccc(Cl)c1)N1CCN(C(=O)c2ccccc2)CC1. The first-order valence-corrected chi connectivity index (χ1v) is 10.9. The molecule has 3 amide bonds. The molecule has 1 aliphatic rings. The summed E-state index contributed by atoms with van der Waals surface area (Å²) in [5.41, 5.74) is 0.0148. The summed E-state index contributed by atoms with van der Waals surface area (Å²) >= 11 is 5.98. The number of nitrogens with zero attached hydrogens (tertiary/aromatic N) is 4. The minimum Gasteiger partial charge on any atom is -0.335 e. The molecule has 4 rings (SSSR count). The summed E-state index contributed by atoms with van der Waals surface area (Å²) in [5.74, 6) is -0.106. The molecule has 3 aromatic rings. The zero-order valence-electron chi connectivity index (χ0n) is 17.9. The van der Waals surface area contributed by atoms with Crippen LogP contribution in [-0.4, -0.2) is 57.7 Å². The average molecular weight is 492 g/mol. The zero-order chi connectivity index (χ0) is 24.3. The minimum atomic E-state index is -4.63. The molecule has 0 saturated carbocycles. The summed E-state index contributed by atoms with van der Waals surface area (Å²) in [7, 11) is 0. The normalized spacial score (nSPS) is 14.2. The highest BCUT2D eigenvalue weighted by molar-refractivity contribution is 6.30. The van der Waals surface area contributed by atoms with Crippen molar-refractivity contribution in [3.8, 4) is 5.69 Å². The van der Waals surface area contributed by atoms with Gasteiger partial charge in [-0.15, -0.1) is 0 Å². The molecular formula is C23H21ClF3N5O2. The van der Waals surface area contributed by atoms with Gasteiger partial charge in [0.05, 0.1) is 17.9 Å². The number of halogens is 4. The van der Waals surface area contributed by atoms with Crippen molar-refractivity contribution in [2.24, 2.45) is 0 Å². The number of carbonyl (C=O) groups excluding carboxylic acids is 2. The van der Waals surface area contributed by atoms with Crippen molar-refractivity contribution in [2.45, 2.75) is 12.7 Å². The Morgan fingerprint density at radius 3 is 2.26 bits per heavy atom. The van der Waals surface area contributed by atoms with Gasteiger partial charge >= 0.3 is 12.2 Å². The van der Waals surface area contributed by atoms with E-state index >= 15 is 0 Å². The first-order valence-electron chi connectivity index (χ1n) is 10.5. The second-order valence-corrected chi connectivity index (χ2v) is 8.15. The third kappa shape index (κ3) is 5.33. The van der Waals surface area contributed by atoms with E-state index in [0.29, 0.717) is 42.5 Å². The van der Waals surface area contributed by atoms with Crippen LogP contribution in [0.4, 0.5) is 18.0 Å². The molecule has 1 aliphatic heterocycles. The number of aromatic nitrogens is 2. The lowest BCUT2D eigenvalue weighted by Gasteiger charge is -2.34. The number of benzene rings is 2. The van der Waals surface area contributed by atoms with Crippen LogP contribution >= 0.6 is 11.6 Å². The summed E-state index contributed by atoms with van der Waals surface area (Å²) in [4.78, 5) is 28.4. The van der Waals surface area contributed by atoms with Gasteiger partial charge in [0.15, 0.2) is 5.69 Å². The number of rotatable bonds is 4. The van der Waals surface area contributed by atoms with Crippen molar-refractivity contribution < 1.29 is 22.8 Å². The van der Waals surface area contributed by atoms with E-state index in [1.165, 1.54) is 11.0 Å². The predicted molar refractivity (Wildman–Crippen MR) is 120 cm³/mol. The van der Waals surface area contributed by atoms with Crippen molar-refractivity contribution in [1.82, 2.24) is 24.9 Å². The number of nitrogens with one attached hydrogen (secondary N) is 1. The molecule has 0 bridgehead atoms. The highest BCUT2D eigenvalue weighted by atomic mass is 35.5. The Kier molecular flexibility index (Phi) is 6.78. The number of piperazine rings is 1. The Hall–Kier alpha value is -3.53. The van der Waals surface area contributed by atoms with Crippen molar-refractivity contribution in [3.63, 3.8) is 0 Å². The molecule has 2 heterocycles. The molecule has 2 aromatic carbocycles. The van der Waals surface area contributed by atoms with Crippen molar-refractivity contribution >= 4 is 23.5 Å². The quantitative estimate of drug-likeness (QED) is 0.594. The van der Waals surface area contributed by atoms with E-state index in [-0.39, 0.29) is 18.1 Å². The van der Waals surface area contributed by atoms with Crippen LogP contribution in [0.15, 0.2) is 60.7 Å². The van der Waals surface area contributed by atoms with Gasteiger partial charge in [-0.1, -0.05) is 35.9 Å². The summed E-state index contributed by atoms with van der Waals surface area (Å²) in [5, 5.41) is 6.67. The van der Waals surface area contributed by atoms with Crippen LogP contribution in [0.25, 0.3) is 5.69 Å². The number of hydrogen-bond donors (Lipinski definition) is 1. The molecule has 178 valence electrons. The van der Waals surface area contributed by atoms with E-state index in [4.69, 9.17) is 11.6 Å². The largest absolute Gasteiger partial charge is 0.435 e. The highest BCUT2D eigenvalue weighted by Gasteiger charge is 2.35. The molecule has 1 N–H and O–H groups in total. The van der Waals surface area contributed by atoms with Crippen LogP contribution < -0.4 is 5.32 Å². The Labute approximate surface area is 198 Å². The summed E-state index contributed by atoms with van der Waals surface area (Å²) in [6.45, 7) is 1.18. The zero-order valence-corrected chi connectivity index (χ0v) is 18.7. The molecule has 7 nitrogen and oxygen atoms in total. The topological polar surface area (TPSA) is 70.5 Å². The summed E-state index contributed by atoms with van der Waals surface area (Å²) in [6, 6.07) is 15.6. The van der Waals surface area contributed by atoms with Crippen LogP contribution in [0.2, 0.25) is 5.02 Å². The van der Waals surface area contributed by atoms with Gasteiger partial charge in [0.1, 0.15) is 0 Å². The Morgan fingerprint density at radius 2 is 1.62 bits per heavy atom. The van der Waals surface area contributed by atoms with Crippen LogP contribution in [-0.2, 0) is 12.7 Å². The maximum Gasteiger partial charge on any atom is 0.435 e. The first kappa shape index (κ1) is 23.6. The molecule has 0 aliphatic carbocycles. The lowest BCUT2D eigenvalue weighted by Crippen LogP contribution is -2.53. The van der Waals surface area contributed by atoms with Crippen LogP contribution in [0.5, 0.6) is 0 Å². The van der Waals surface area contributed by atoms with Gasteiger partial charge in [0.2, 0.25) is 0 Å². The summed E-state index contributed by atoms with van der Waals surface area (Å²) < 4.78 is 40.9. The average Bonchev–Trinajstić information content (AvgIpc) is 3.28. The van der Waals surface area contributed by atoms with Gasteiger partial charge in [0.25, 0.3) is 5.91 Å². The lowest BCUT2D eigenvalue weighted by molar-refractivity contribution is -0.141. The smallest absolute Gasteiger partial charge is 0.335 e. The number of alkyl halides is 3. The number of hydrogen-bond acceptors (Lipinski definition) is 3. The van der Waals surface area contributed by atoms with E-state index < -0.39 is 17.9 Å². The molecule has 0 unspecified atom stereocenters. The van der Waals surface area contributed by atoms with Gasteiger partial charge in [-0.3, -0.25) is 4.79 Å². The highest BCUT2D eigenvalue weighted by Crippen LogP contribution is 2.30. The number of carbonyl (C=O) groups is 2. The molecule has 1 fully saturated rings. The molecule has 1 aromatic heterocycles. The second-order valence-electron chi connectivity index (χ2n) is 7.71. The van der Waals surface area contributed by atoms with Crippen molar-refractivity contribution in [1.29, 1.82) is 0 Å². The molecule has 0 radical (unpaired) electrons. The molecular weight excluding hydrogens is 471 g/mol. The molecule has 0 spiro atoms. The minimum absolute atomic E-state index is 0.106. The molecule has 11 heteroatoms. The van der Waals surface area contributed by atoms with Crippen LogP contribution in [0, 0.1) is 0 Å². The fourth-order valence-corrected chi connectivity index (χ4v) is 3.85. The fraction of sp³-hybridized carbons (Fsp3) is 0.261. The Bertz CT molecular complexity index is 1170. The van der Waals surface area contributed by atoms with E-state index in [1.807, 2.05) is 6.07 Å². The Balaban J connectivity index is 1.40. The first-order chi connectivity index (χ1) is 16.2. The molecule has 34 heavy (non-hydrogen) atoms. The van der Waals surface area contributed by atoms with Gasteiger partial charge in [-0.2, -0.15) is 18.3 Å². The monoisotopic (exact) mass is 491 g/mol.